The zero-order valence-electron chi connectivity index (χ0n) is 23.7. The second-order valence-electron chi connectivity index (χ2n) is 13.3. The van der Waals surface area contributed by atoms with Crippen LogP contribution in [0.5, 0.6) is 0 Å². The fourth-order valence-corrected chi connectivity index (χ4v) is 17.8. The van der Waals surface area contributed by atoms with E-state index in [2.05, 4.69) is 6.92 Å². The molecule has 4 fully saturated rings. The van der Waals surface area contributed by atoms with Crippen LogP contribution in [0.4, 0.5) is 0 Å². The minimum absolute atomic E-state index is 0. The topological polar surface area (TPSA) is 0 Å². The van der Waals surface area contributed by atoms with Gasteiger partial charge in [0, 0.05) is 10.2 Å². The van der Waals surface area contributed by atoms with Crippen LogP contribution in [0.1, 0.15) is 148 Å². The van der Waals surface area contributed by atoms with E-state index in [4.69, 9.17) is 0 Å². The largest absolute Gasteiger partial charge is 2.00 e. The molecule has 0 aromatic rings. The van der Waals surface area contributed by atoms with Gasteiger partial charge in [-0.3, -0.25) is 0 Å². The second-order valence-corrected chi connectivity index (χ2v) is 21.6. The van der Waals surface area contributed by atoms with Crippen molar-refractivity contribution in [1.82, 2.24) is 0 Å². The molecule has 0 N–H and O–H groups in total. The monoisotopic (exact) mass is 773 g/mol. The smallest absolute Gasteiger partial charge is 1.00 e. The number of halogens is 2. The van der Waals surface area contributed by atoms with Gasteiger partial charge in [-0.25, -0.2) is 0 Å². The van der Waals surface area contributed by atoms with Gasteiger partial charge in [0.05, 0.1) is 0 Å². The van der Waals surface area contributed by atoms with E-state index in [1.165, 1.54) is 35.9 Å². The van der Waals surface area contributed by atoms with Gasteiger partial charge in [0.2, 0.25) is 0 Å². The molecule has 0 amide bonds. The Kier molecular flexibility index (Phi) is 19.7. The molecule has 0 radical (unpaired) electrons. The first-order chi connectivity index (χ1) is 16.1. The van der Waals surface area contributed by atoms with Gasteiger partial charge in [-0.05, 0) is 104 Å². The average Bonchev–Trinajstić information content (AvgIpc) is 2.87. The van der Waals surface area contributed by atoms with Crippen LogP contribution in [0.25, 0.3) is 0 Å². The van der Waals surface area contributed by atoms with Gasteiger partial charge in [-0.2, -0.15) is 0 Å². The zero-order chi connectivity index (χ0) is 22.9. The second kappa shape index (κ2) is 19.5. The third-order valence-electron chi connectivity index (χ3n) is 10.3. The number of rotatable bonds is 10. The van der Waals surface area contributed by atoms with Crippen molar-refractivity contribution in [3.63, 3.8) is 0 Å². The Balaban J connectivity index is 0.00000216. The van der Waals surface area contributed by atoms with Crippen LogP contribution in [-0.4, -0.2) is 45.2 Å². The Morgan fingerprint density at radius 1 is 0.500 bits per heavy atom. The number of hydrogen-bond acceptors (Lipinski definition) is 0. The van der Waals surface area contributed by atoms with Crippen LogP contribution in [0.15, 0.2) is 0 Å². The summed E-state index contributed by atoms with van der Waals surface area (Å²) >= 11 is 0. The van der Waals surface area contributed by atoms with Gasteiger partial charge in [-0.15, -0.1) is 15.8 Å². The quantitative estimate of drug-likeness (QED) is 0.236. The molecule has 0 atom stereocenters. The fourth-order valence-electron chi connectivity index (χ4n) is 7.97. The Hall–Kier alpha value is 2.35. The maximum absolute atomic E-state index is 2.74. The standard InChI is InChI=1S/C30H58P2Si.2ClH.Pt/c1-30(33,22-24-31(26-14-6-2-7-15-26)27-16-8-3-9-17-27)23-25-32(28-18-10-4-11-19-28)29-20-12-5-13-21-29;;;/h26-29H,2-25H2,1,33H3;2*1H;/q;;;+2/p-2. The van der Waals surface area contributed by atoms with Crippen LogP contribution in [0.2, 0.25) is 5.04 Å². The summed E-state index contributed by atoms with van der Waals surface area (Å²) in [5.74, 6) is 0. The Bertz CT molecular complexity index is 461. The van der Waals surface area contributed by atoms with Crippen molar-refractivity contribution < 1.29 is 45.9 Å². The first-order valence-electron chi connectivity index (χ1n) is 15.6. The maximum atomic E-state index is 2.74. The molecule has 0 spiro atoms. The van der Waals surface area contributed by atoms with E-state index in [1.807, 2.05) is 0 Å². The SMILES string of the molecule is CC([SiH3])(CCP(C1CCCCC1)C1CCCCC1)CCP(C1CCCCC1)C1CCCCC1.[Cl-].[Cl-].[Pt+2]. The van der Waals surface area contributed by atoms with Crippen molar-refractivity contribution in [1.29, 1.82) is 0 Å². The first kappa shape index (κ1) is 36.4. The average molecular weight is 775 g/mol. The predicted molar refractivity (Wildman–Crippen MR) is 159 cm³/mol. The van der Waals surface area contributed by atoms with Crippen LogP contribution >= 0.6 is 15.8 Å². The van der Waals surface area contributed by atoms with Crippen molar-refractivity contribution in [2.24, 2.45) is 0 Å². The van der Waals surface area contributed by atoms with Crippen LogP contribution < -0.4 is 24.8 Å². The van der Waals surface area contributed by atoms with E-state index in [1.54, 1.807) is 128 Å². The van der Waals surface area contributed by atoms with Crippen molar-refractivity contribution in [2.75, 3.05) is 12.3 Å². The van der Waals surface area contributed by atoms with Crippen molar-refractivity contribution in [3.8, 4) is 0 Å². The molecule has 0 aromatic heterocycles. The minimum atomic E-state index is 0. The molecule has 0 aromatic carbocycles. The van der Waals surface area contributed by atoms with Gasteiger partial charge in [0.15, 0.2) is 0 Å². The molecule has 0 heterocycles. The first-order valence-corrected chi connectivity index (χ1v) is 20.0. The van der Waals surface area contributed by atoms with Crippen LogP contribution in [-0.2, 0) is 21.1 Å². The van der Waals surface area contributed by atoms with E-state index < -0.39 is 0 Å². The molecule has 0 bridgehead atoms. The Labute approximate surface area is 258 Å². The molecule has 4 rings (SSSR count). The minimum Gasteiger partial charge on any atom is -1.00 e. The molecule has 4 saturated carbocycles. The molecule has 4 aliphatic rings. The molecule has 216 valence electrons. The molecular formula is C30H58Cl2P2PtSi. The Morgan fingerprint density at radius 3 is 0.944 bits per heavy atom. The van der Waals surface area contributed by atoms with Crippen LogP contribution in [0.3, 0.4) is 0 Å². The van der Waals surface area contributed by atoms with Crippen molar-refractivity contribution in [2.45, 2.75) is 176 Å². The van der Waals surface area contributed by atoms with Gasteiger partial charge in [-0.1, -0.05) is 84.0 Å². The van der Waals surface area contributed by atoms with E-state index in [9.17, 15) is 0 Å². The summed E-state index contributed by atoms with van der Waals surface area (Å²) in [5.41, 5.74) is 4.65. The summed E-state index contributed by atoms with van der Waals surface area (Å²) in [4.78, 5) is 0. The third kappa shape index (κ3) is 11.7. The molecule has 6 heteroatoms. The summed E-state index contributed by atoms with van der Waals surface area (Å²) in [6.07, 6.45) is 38.0. The van der Waals surface area contributed by atoms with E-state index in [-0.39, 0.29) is 45.9 Å². The number of hydrogen-bond donors (Lipinski definition) is 0. The van der Waals surface area contributed by atoms with Gasteiger partial charge >= 0.3 is 21.1 Å². The maximum Gasteiger partial charge on any atom is 2.00 e. The summed E-state index contributed by atoms with van der Waals surface area (Å²) in [6.45, 7) is 2.74. The van der Waals surface area contributed by atoms with Crippen molar-refractivity contribution >= 4 is 26.1 Å². The molecule has 0 nitrogen and oxygen atoms in total. The third-order valence-corrected chi connectivity index (χ3v) is 18.6. The summed E-state index contributed by atoms with van der Waals surface area (Å²) < 4.78 is 0. The van der Waals surface area contributed by atoms with E-state index in [0.29, 0.717) is 15.8 Å². The molecule has 4 aliphatic carbocycles. The summed E-state index contributed by atoms with van der Waals surface area (Å²) in [7, 11) is 2.07. The predicted octanol–water partition coefficient (Wildman–Crippen LogP) is 3.61. The van der Waals surface area contributed by atoms with E-state index in [0.717, 1.165) is 27.7 Å². The molecule has 0 aliphatic heterocycles. The zero-order valence-corrected chi connectivity index (χ0v) is 31.3. The molecule has 0 unspecified atom stereocenters. The Morgan fingerprint density at radius 2 is 0.722 bits per heavy atom. The normalized spacial score (nSPS) is 23.8. The summed E-state index contributed by atoms with van der Waals surface area (Å²) in [5, 5.41) is 0.730. The summed E-state index contributed by atoms with van der Waals surface area (Å²) in [6, 6.07) is 0. The van der Waals surface area contributed by atoms with Gasteiger partial charge in [0.1, 0.15) is 0 Å². The van der Waals surface area contributed by atoms with Crippen molar-refractivity contribution in [3.05, 3.63) is 0 Å². The molecule has 0 saturated heterocycles. The van der Waals surface area contributed by atoms with Gasteiger partial charge < -0.3 is 24.8 Å². The fraction of sp³-hybridized carbons (Fsp3) is 1.00. The molecule has 36 heavy (non-hydrogen) atoms. The van der Waals surface area contributed by atoms with Crippen LogP contribution in [0, 0.1) is 0 Å². The van der Waals surface area contributed by atoms with E-state index >= 15 is 0 Å². The van der Waals surface area contributed by atoms with Gasteiger partial charge in [0.25, 0.3) is 0 Å². The molecular weight excluding hydrogens is 716 g/mol.